The largest absolute Gasteiger partial charge is 0.495 e. The van der Waals surface area contributed by atoms with Gasteiger partial charge < -0.3 is 9.84 Å². The first-order valence-corrected chi connectivity index (χ1v) is 3.71. The highest BCUT2D eigenvalue weighted by molar-refractivity contribution is 5.46. The third-order valence-corrected chi connectivity index (χ3v) is 1.47. The van der Waals surface area contributed by atoms with Crippen LogP contribution in [0.5, 0.6) is 5.75 Å². The van der Waals surface area contributed by atoms with E-state index in [1.54, 1.807) is 0 Å². The van der Waals surface area contributed by atoms with Crippen LogP contribution in [0.4, 0.5) is 4.39 Å². The second-order valence-electron chi connectivity index (χ2n) is 2.30. The number of aliphatic hydroxyl groups is 1. The molecule has 0 spiro atoms. The van der Waals surface area contributed by atoms with E-state index in [0.717, 1.165) is 0 Å². The van der Waals surface area contributed by atoms with Crippen molar-refractivity contribution >= 4 is 0 Å². The Morgan fingerprint density at radius 3 is 2.92 bits per heavy atom. The van der Waals surface area contributed by atoms with Gasteiger partial charge in [0.25, 0.3) is 0 Å². The zero-order valence-corrected chi connectivity index (χ0v) is 7.17. The monoisotopic (exact) mass is 180 g/mol. The maximum atomic E-state index is 12.7. The molecule has 0 saturated heterocycles. The minimum absolute atomic E-state index is 0.222. The predicted octanol–water partition coefficient (Wildman–Crippen LogP) is 1.18. The summed E-state index contributed by atoms with van der Waals surface area (Å²) in [4.78, 5) is 0. The first kappa shape index (κ1) is 9.56. The van der Waals surface area contributed by atoms with Crippen LogP contribution in [0, 0.1) is 17.7 Å². The maximum absolute atomic E-state index is 12.7. The summed E-state index contributed by atoms with van der Waals surface area (Å²) in [6.07, 6.45) is 0. The van der Waals surface area contributed by atoms with Crippen LogP contribution in [0.1, 0.15) is 5.56 Å². The molecule has 0 bridgehead atoms. The summed E-state index contributed by atoms with van der Waals surface area (Å²) in [5.74, 6) is 5.12. The van der Waals surface area contributed by atoms with Gasteiger partial charge in [-0.3, -0.25) is 0 Å². The van der Waals surface area contributed by atoms with E-state index < -0.39 is 0 Å². The summed E-state index contributed by atoms with van der Waals surface area (Å²) in [7, 11) is 1.44. The minimum atomic E-state index is -0.369. The number of ether oxygens (including phenoxy) is 1. The van der Waals surface area contributed by atoms with Crippen molar-refractivity contribution in [2.75, 3.05) is 13.7 Å². The second kappa shape index (κ2) is 4.48. The molecule has 0 saturated carbocycles. The maximum Gasteiger partial charge on any atom is 0.137 e. The number of hydrogen-bond acceptors (Lipinski definition) is 2. The van der Waals surface area contributed by atoms with E-state index in [2.05, 4.69) is 11.8 Å². The summed E-state index contributed by atoms with van der Waals surface area (Å²) >= 11 is 0. The third-order valence-electron chi connectivity index (χ3n) is 1.47. The Hall–Kier alpha value is -1.53. The Balaban J connectivity index is 3.06. The highest BCUT2D eigenvalue weighted by atomic mass is 19.1. The standard InChI is InChI=1S/C10H9FO2/c1-13-10-7-9(11)5-4-8(10)3-2-6-12/h4-5,7,12H,6H2,1H3. The van der Waals surface area contributed by atoms with E-state index >= 15 is 0 Å². The van der Waals surface area contributed by atoms with Crippen molar-refractivity contribution in [2.45, 2.75) is 0 Å². The van der Waals surface area contributed by atoms with Crippen molar-refractivity contribution < 1.29 is 14.2 Å². The van der Waals surface area contributed by atoms with Crippen molar-refractivity contribution in [3.8, 4) is 17.6 Å². The summed E-state index contributed by atoms with van der Waals surface area (Å²) < 4.78 is 17.6. The van der Waals surface area contributed by atoms with Crippen LogP contribution in [-0.2, 0) is 0 Å². The van der Waals surface area contributed by atoms with Crippen LogP contribution in [0.25, 0.3) is 0 Å². The smallest absolute Gasteiger partial charge is 0.137 e. The molecule has 1 aromatic carbocycles. The van der Waals surface area contributed by atoms with E-state index in [1.165, 1.54) is 25.3 Å². The summed E-state index contributed by atoms with van der Waals surface area (Å²) in [6, 6.07) is 4.06. The Bertz CT molecular complexity index is 350. The fraction of sp³-hybridized carbons (Fsp3) is 0.200. The van der Waals surface area contributed by atoms with E-state index in [1.807, 2.05) is 0 Å². The molecule has 68 valence electrons. The molecule has 3 heteroatoms. The van der Waals surface area contributed by atoms with Gasteiger partial charge in [0.05, 0.1) is 12.7 Å². The normalized spacial score (nSPS) is 8.85. The number of rotatable bonds is 1. The van der Waals surface area contributed by atoms with Gasteiger partial charge >= 0.3 is 0 Å². The van der Waals surface area contributed by atoms with Crippen LogP contribution < -0.4 is 4.74 Å². The van der Waals surface area contributed by atoms with Gasteiger partial charge in [0.2, 0.25) is 0 Å². The Labute approximate surface area is 76.0 Å². The van der Waals surface area contributed by atoms with Crippen molar-refractivity contribution in [1.82, 2.24) is 0 Å². The Morgan fingerprint density at radius 1 is 1.54 bits per heavy atom. The molecule has 1 N–H and O–H groups in total. The number of aliphatic hydroxyl groups excluding tert-OH is 1. The molecule has 0 radical (unpaired) electrons. The van der Waals surface area contributed by atoms with Gasteiger partial charge in [0, 0.05) is 6.07 Å². The zero-order chi connectivity index (χ0) is 9.68. The lowest BCUT2D eigenvalue weighted by atomic mass is 10.2. The second-order valence-corrected chi connectivity index (χ2v) is 2.30. The molecule has 0 atom stereocenters. The van der Waals surface area contributed by atoms with Crippen LogP contribution in [-0.4, -0.2) is 18.8 Å². The van der Waals surface area contributed by atoms with Crippen LogP contribution >= 0.6 is 0 Å². The summed E-state index contributed by atoms with van der Waals surface area (Å²) in [5.41, 5.74) is 0.568. The van der Waals surface area contributed by atoms with Gasteiger partial charge in [0.1, 0.15) is 18.2 Å². The van der Waals surface area contributed by atoms with Gasteiger partial charge in [-0.1, -0.05) is 11.8 Å². The highest BCUT2D eigenvalue weighted by Crippen LogP contribution is 2.17. The molecular weight excluding hydrogens is 171 g/mol. The molecule has 0 aromatic heterocycles. The number of hydrogen-bond donors (Lipinski definition) is 1. The van der Waals surface area contributed by atoms with Crippen molar-refractivity contribution in [2.24, 2.45) is 0 Å². The fourth-order valence-electron chi connectivity index (χ4n) is 0.903. The topological polar surface area (TPSA) is 29.5 Å². The summed E-state index contributed by atoms with van der Waals surface area (Å²) in [6.45, 7) is -0.222. The average molecular weight is 180 g/mol. The SMILES string of the molecule is COc1cc(F)ccc1C#CCO. The van der Waals surface area contributed by atoms with Gasteiger partial charge in [-0.05, 0) is 12.1 Å². The molecule has 0 amide bonds. The molecule has 0 aliphatic rings. The third kappa shape index (κ3) is 2.46. The molecule has 0 heterocycles. The minimum Gasteiger partial charge on any atom is -0.495 e. The lowest BCUT2D eigenvalue weighted by Gasteiger charge is -2.01. The molecule has 13 heavy (non-hydrogen) atoms. The molecule has 2 nitrogen and oxygen atoms in total. The van der Waals surface area contributed by atoms with Gasteiger partial charge in [-0.2, -0.15) is 0 Å². The molecule has 0 aliphatic carbocycles. The first-order valence-electron chi connectivity index (χ1n) is 3.71. The number of halogens is 1. The van der Waals surface area contributed by atoms with E-state index in [-0.39, 0.29) is 12.4 Å². The van der Waals surface area contributed by atoms with Crippen molar-refractivity contribution in [3.05, 3.63) is 29.6 Å². The lowest BCUT2D eigenvalue weighted by Crippen LogP contribution is -1.89. The van der Waals surface area contributed by atoms with Gasteiger partial charge in [0.15, 0.2) is 0 Å². The molecule has 0 aliphatic heterocycles. The lowest BCUT2D eigenvalue weighted by molar-refractivity contribution is 0.350. The predicted molar refractivity (Wildman–Crippen MR) is 46.9 cm³/mol. The summed E-state index contributed by atoms with van der Waals surface area (Å²) in [5, 5.41) is 8.46. The molecule has 0 fully saturated rings. The first-order chi connectivity index (χ1) is 6.27. The Kier molecular flexibility index (Phi) is 3.30. The van der Waals surface area contributed by atoms with E-state index in [9.17, 15) is 4.39 Å². The van der Waals surface area contributed by atoms with Crippen molar-refractivity contribution in [3.63, 3.8) is 0 Å². The van der Waals surface area contributed by atoms with E-state index in [0.29, 0.717) is 11.3 Å². The van der Waals surface area contributed by atoms with Crippen LogP contribution in [0.3, 0.4) is 0 Å². The van der Waals surface area contributed by atoms with Crippen molar-refractivity contribution in [1.29, 1.82) is 0 Å². The number of benzene rings is 1. The van der Waals surface area contributed by atoms with Gasteiger partial charge in [-0.15, -0.1) is 0 Å². The van der Waals surface area contributed by atoms with Gasteiger partial charge in [-0.25, -0.2) is 4.39 Å². The number of methoxy groups -OCH3 is 1. The van der Waals surface area contributed by atoms with E-state index in [4.69, 9.17) is 9.84 Å². The Morgan fingerprint density at radius 2 is 2.31 bits per heavy atom. The quantitative estimate of drug-likeness (QED) is 0.657. The van der Waals surface area contributed by atoms with Crippen LogP contribution in [0.15, 0.2) is 18.2 Å². The zero-order valence-electron chi connectivity index (χ0n) is 7.17. The molecular formula is C10H9FO2. The molecule has 0 unspecified atom stereocenters. The average Bonchev–Trinajstić information content (AvgIpc) is 2.16. The molecule has 1 aromatic rings. The highest BCUT2D eigenvalue weighted by Gasteiger charge is 2.00. The van der Waals surface area contributed by atoms with Crippen LogP contribution in [0.2, 0.25) is 0 Å². The fourth-order valence-corrected chi connectivity index (χ4v) is 0.903. The molecule has 1 rings (SSSR count).